The summed E-state index contributed by atoms with van der Waals surface area (Å²) in [6.45, 7) is 0. The van der Waals surface area contributed by atoms with E-state index in [4.69, 9.17) is 16.3 Å². The van der Waals surface area contributed by atoms with E-state index >= 15 is 0 Å². The Morgan fingerprint density at radius 3 is 2.69 bits per heavy atom. The van der Waals surface area contributed by atoms with Crippen molar-refractivity contribution in [1.82, 2.24) is 0 Å². The summed E-state index contributed by atoms with van der Waals surface area (Å²) >= 11 is 7.72. The van der Waals surface area contributed by atoms with E-state index in [1.165, 1.54) is 19.2 Å². The van der Waals surface area contributed by atoms with Crippen molar-refractivity contribution in [2.45, 2.75) is 0 Å². The van der Waals surface area contributed by atoms with Crippen molar-refractivity contribution in [2.24, 2.45) is 0 Å². The number of hydrogen-bond acceptors (Lipinski definition) is 3. The second kappa shape index (κ2) is 4.10. The molecule has 0 unspecified atom stereocenters. The van der Waals surface area contributed by atoms with E-state index in [1.807, 2.05) is 22.6 Å². The smallest absolute Gasteiger partial charge is 0.274 e. The molecule has 4 nitrogen and oxygen atoms in total. The molecule has 0 aliphatic heterocycles. The Balaban J connectivity index is 3.30. The molecule has 70 valence electrons. The lowest BCUT2D eigenvalue weighted by Crippen LogP contribution is -1.92. The van der Waals surface area contributed by atoms with Crippen molar-refractivity contribution >= 4 is 39.9 Å². The molecule has 6 heteroatoms. The Morgan fingerprint density at radius 2 is 2.23 bits per heavy atom. The van der Waals surface area contributed by atoms with Gasteiger partial charge in [0, 0.05) is 6.07 Å². The van der Waals surface area contributed by atoms with Crippen LogP contribution in [0.25, 0.3) is 0 Å². The SMILES string of the molecule is COc1cc([N+](=O)[O-])cc(Cl)c1I. The fourth-order valence-electron chi connectivity index (χ4n) is 0.804. The van der Waals surface area contributed by atoms with Crippen molar-refractivity contribution in [3.05, 3.63) is 30.8 Å². The van der Waals surface area contributed by atoms with Crippen LogP contribution in [0.1, 0.15) is 0 Å². The minimum Gasteiger partial charge on any atom is -0.495 e. The van der Waals surface area contributed by atoms with Gasteiger partial charge in [-0.1, -0.05) is 11.6 Å². The van der Waals surface area contributed by atoms with Crippen molar-refractivity contribution in [3.8, 4) is 5.75 Å². The molecule has 0 aliphatic carbocycles. The van der Waals surface area contributed by atoms with Crippen LogP contribution in [0.2, 0.25) is 5.02 Å². The van der Waals surface area contributed by atoms with Crippen LogP contribution in [0.3, 0.4) is 0 Å². The summed E-state index contributed by atoms with van der Waals surface area (Å²) in [5.74, 6) is 0.416. The van der Waals surface area contributed by atoms with Gasteiger partial charge in [0.2, 0.25) is 0 Å². The first-order valence-corrected chi connectivity index (χ1v) is 4.69. The van der Waals surface area contributed by atoms with E-state index in [2.05, 4.69) is 0 Å². The molecule has 1 rings (SSSR count). The Kier molecular flexibility index (Phi) is 3.32. The zero-order chi connectivity index (χ0) is 10.0. The summed E-state index contributed by atoms with van der Waals surface area (Å²) in [5, 5.41) is 10.7. The van der Waals surface area contributed by atoms with Crippen LogP contribution in [0, 0.1) is 13.7 Å². The normalized spacial score (nSPS) is 9.77. The standard InChI is InChI=1S/C7H5ClINO3/c1-13-6-3-4(10(11)12)2-5(8)7(6)9/h2-3H,1H3. The topological polar surface area (TPSA) is 52.4 Å². The van der Waals surface area contributed by atoms with Crippen LogP contribution < -0.4 is 4.74 Å². The molecule has 0 bridgehead atoms. The van der Waals surface area contributed by atoms with Crippen molar-refractivity contribution in [3.63, 3.8) is 0 Å². The molecule has 0 N–H and O–H groups in total. The zero-order valence-electron chi connectivity index (χ0n) is 6.58. The molecule has 0 aromatic heterocycles. The first kappa shape index (κ1) is 10.5. The molecular weight excluding hydrogens is 308 g/mol. The fourth-order valence-corrected chi connectivity index (χ4v) is 1.54. The van der Waals surface area contributed by atoms with Crippen molar-refractivity contribution in [1.29, 1.82) is 0 Å². The molecule has 0 aliphatic rings. The van der Waals surface area contributed by atoms with Gasteiger partial charge in [0.15, 0.2) is 0 Å². The average molecular weight is 313 g/mol. The Hall–Kier alpha value is -0.560. The number of methoxy groups -OCH3 is 1. The molecule has 0 heterocycles. The second-order valence-corrected chi connectivity index (χ2v) is 3.69. The molecule has 0 amide bonds. The monoisotopic (exact) mass is 313 g/mol. The molecule has 0 fully saturated rings. The molecule has 0 saturated carbocycles. The predicted molar refractivity (Wildman–Crippen MR) is 57.4 cm³/mol. The van der Waals surface area contributed by atoms with Crippen molar-refractivity contribution < 1.29 is 9.66 Å². The van der Waals surface area contributed by atoms with Gasteiger partial charge in [0.1, 0.15) is 5.75 Å². The van der Waals surface area contributed by atoms with Gasteiger partial charge in [-0.2, -0.15) is 0 Å². The van der Waals surface area contributed by atoms with Gasteiger partial charge in [-0.25, -0.2) is 0 Å². The third-order valence-corrected chi connectivity index (χ3v) is 3.14. The van der Waals surface area contributed by atoms with Crippen LogP contribution in [-0.4, -0.2) is 12.0 Å². The number of halogens is 2. The van der Waals surface area contributed by atoms with E-state index < -0.39 is 4.92 Å². The fraction of sp³-hybridized carbons (Fsp3) is 0.143. The van der Waals surface area contributed by atoms with Gasteiger partial charge in [-0.3, -0.25) is 10.1 Å². The van der Waals surface area contributed by atoms with E-state index in [9.17, 15) is 10.1 Å². The summed E-state index contributed by atoms with van der Waals surface area (Å²) < 4.78 is 5.59. The highest BCUT2D eigenvalue weighted by Crippen LogP contribution is 2.32. The highest BCUT2D eigenvalue weighted by atomic mass is 127. The second-order valence-electron chi connectivity index (χ2n) is 2.20. The largest absolute Gasteiger partial charge is 0.495 e. The van der Waals surface area contributed by atoms with E-state index in [-0.39, 0.29) is 5.69 Å². The van der Waals surface area contributed by atoms with Gasteiger partial charge in [-0.05, 0) is 22.6 Å². The average Bonchev–Trinajstić information content (AvgIpc) is 2.09. The lowest BCUT2D eigenvalue weighted by Gasteiger charge is -2.03. The molecule has 0 atom stereocenters. The highest BCUT2D eigenvalue weighted by molar-refractivity contribution is 14.1. The Morgan fingerprint density at radius 1 is 1.62 bits per heavy atom. The minimum absolute atomic E-state index is 0.0673. The van der Waals surface area contributed by atoms with Crippen molar-refractivity contribution in [2.75, 3.05) is 7.11 Å². The quantitative estimate of drug-likeness (QED) is 0.479. The molecule has 1 aromatic carbocycles. The minimum atomic E-state index is -0.509. The van der Waals surface area contributed by atoms with Gasteiger partial charge >= 0.3 is 0 Å². The summed E-state index contributed by atoms with van der Waals surface area (Å²) in [4.78, 5) is 9.91. The van der Waals surface area contributed by atoms with Crippen LogP contribution >= 0.6 is 34.2 Å². The van der Waals surface area contributed by atoms with E-state index in [0.29, 0.717) is 14.3 Å². The highest BCUT2D eigenvalue weighted by Gasteiger charge is 2.13. The van der Waals surface area contributed by atoms with Crippen LogP contribution in [0.15, 0.2) is 12.1 Å². The van der Waals surface area contributed by atoms with E-state index in [1.54, 1.807) is 0 Å². The number of nitro benzene ring substituents is 1. The first-order valence-electron chi connectivity index (χ1n) is 3.23. The van der Waals surface area contributed by atoms with Crippen LogP contribution in [0.5, 0.6) is 5.75 Å². The van der Waals surface area contributed by atoms with Crippen LogP contribution in [-0.2, 0) is 0 Å². The maximum absolute atomic E-state index is 10.4. The summed E-state index contributed by atoms with van der Waals surface area (Å²) in [7, 11) is 1.44. The number of nitrogens with zero attached hydrogens (tertiary/aromatic N) is 1. The molecule has 0 radical (unpaired) electrons. The number of benzene rings is 1. The predicted octanol–water partition coefficient (Wildman–Crippen LogP) is 2.86. The number of non-ortho nitro benzene ring substituents is 1. The molecule has 1 aromatic rings. The van der Waals surface area contributed by atoms with Gasteiger partial charge < -0.3 is 4.74 Å². The lowest BCUT2D eigenvalue weighted by atomic mass is 10.3. The number of hydrogen-bond donors (Lipinski definition) is 0. The zero-order valence-corrected chi connectivity index (χ0v) is 9.50. The molecule has 13 heavy (non-hydrogen) atoms. The maximum Gasteiger partial charge on any atom is 0.274 e. The third kappa shape index (κ3) is 2.22. The van der Waals surface area contributed by atoms with Gasteiger partial charge in [0.05, 0.1) is 26.7 Å². The maximum atomic E-state index is 10.4. The summed E-state index contributed by atoms with van der Waals surface area (Å²) in [6, 6.07) is 2.64. The third-order valence-electron chi connectivity index (χ3n) is 1.41. The Bertz CT molecular complexity index is 356. The summed E-state index contributed by atoms with van der Waals surface area (Å²) in [6.07, 6.45) is 0. The van der Waals surface area contributed by atoms with Crippen LogP contribution in [0.4, 0.5) is 5.69 Å². The van der Waals surface area contributed by atoms with E-state index in [0.717, 1.165) is 0 Å². The molecule has 0 spiro atoms. The molecule has 0 saturated heterocycles. The Labute approximate surface area is 93.1 Å². The number of ether oxygens (including phenoxy) is 1. The number of nitro groups is 1. The van der Waals surface area contributed by atoms with Gasteiger partial charge in [0.25, 0.3) is 5.69 Å². The summed E-state index contributed by atoms with van der Waals surface area (Å²) in [5.41, 5.74) is -0.0673. The molecular formula is C7H5ClINO3. The van der Waals surface area contributed by atoms with Gasteiger partial charge in [-0.15, -0.1) is 0 Å². The first-order chi connectivity index (χ1) is 6.06. The number of rotatable bonds is 2. The lowest BCUT2D eigenvalue weighted by molar-refractivity contribution is -0.384.